The van der Waals surface area contributed by atoms with Crippen LogP contribution in [0.4, 0.5) is 4.39 Å². The maximum Gasteiger partial charge on any atom is 0.220 e. The molecule has 0 aliphatic rings. The molecule has 0 saturated carbocycles. The molecule has 1 heterocycles. The Labute approximate surface area is 82.2 Å². The van der Waals surface area contributed by atoms with Gasteiger partial charge in [-0.3, -0.25) is 0 Å². The standard InChI is InChI=1S/C12H10FN/c1-9-7-11(12(13)14-8-9)10-5-3-2-4-6-10/h2-8H,1H3. The summed E-state index contributed by atoms with van der Waals surface area (Å²) in [4.78, 5) is 3.69. The van der Waals surface area contributed by atoms with Crippen LogP contribution in [0.1, 0.15) is 5.56 Å². The van der Waals surface area contributed by atoms with Crippen molar-refractivity contribution < 1.29 is 4.39 Å². The first kappa shape index (κ1) is 8.88. The predicted molar refractivity (Wildman–Crippen MR) is 54.4 cm³/mol. The van der Waals surface area contributed by atoms with Crippen LogP contribution in [0.3, 0.4) is 0 Å². The third kappa shape index (κ3) is 1.64. The van der Waals surface area contributed by atoms with Crippen molar-refractivity contribution in [2.24, 2.45) is 0 Å². The summed E-state index contributed by atoms with van der Waals surface area (Å²) in [5, 5.41) is 0. The van der Waals surface area contributed by atoms with E-state index in [1.54, 1.807) is 6.07 Å². The van der Waals surface area contributed by atoms with Crippen LogP contribution < -0.4 is 0 Å². The summed E-state index contributed by atoms with van der Waals surface area (Å²) in [6, 6.07) is 11.2. The average molecular weight is 187 g/mol. The van der Waals surface area contributed by atoms with Crippen molar-refractivity contribution >= 4 is 0 Å². The first-order valence-corrected chi connectivity index (χ1v) is 4.45. The zero-order valence-corrected chi connectivity index (χ0v) is 7.87. The van der Waals surface area contributed by atoms with Crippen molar-refractivity contribution in [3.63, 3.8) is 0 Å². The number of benzene rings is 1. The molecule has 0 amide bonds. The molecule has 0 radical (unpaired) electrons. The number of hydrogen-bond acceptors (Lipinski definition) is 1. The quantitative estimate of drug-likeness (QED) is 0.625. The van der Waals surface area contributed by atoms with Gasteiger partial charge < -0.3 is 0 Å². The topological polar surface area (TPSA) is 12.9 Å². The number of aromatic nitrogens is 1. The van der Waals surface area contributed by atoms with Crippen LogP contribution in [0.5, 0.6) is 0 Å². The lowest BCUT2D eigenvalue weighted by molar-refractivity contribution is 0.587. The first-order valence-electron chi connectivity index (χ1n) is 4.45. The Morgan fingerprint density at radius 3 is 2.57 bits per heavy atom. The lowest BCUT2D eigenvalue weighted by Crippen LogP contribution is -1.89. The Bertz CT molecular complexity index is 437. The number of hydrogen-bond donors (Lipinski definition) is 0. The van der Waals surface area contributed by atoms with Crippen LogP contribution in [-0.2, 0) is 0 Å². The monoisotopic (exact) mass is 187 g/mol. The van der Waals surface area contributed by atoms with E-state index in [9.17, 15) is 4.39 Å². The van der Waals surface area contributed by atoms with E-state index in [4.69, 9.17) is 0 Å². The van der Waals surface area contributed by atoms with Crippen molar-refractivity contribution in [2.45, 2.75) is 6.92 Å². The Morgan fingerprint density at radius 2 is 1.86 bits per heavy atom. The SMILES string of the molecule is Cc1cnc(F)c(-c2ccccc2)c1. The average Bonchev–Trinajstić information content (AvgIpc) is 2.23. The maximum absolute atomic E-state index is 13.3. The molecule has 1 nitrogen and oxygen atoms in total. The van der Waals surface area contributed by atoms with Gasteiger partial charge in [0, 0.05) is 11.8 Å². The fourth-order valence-electron chi connectivity index (χ4n) is 1.37. The molecule has 70 valence electrons. The van der Waals surface area contributed by atoms with Gasteiger partial charge in [0.15, 0.2) is 0 Å². The Hall–Kier alpha value is -1.70. The first-order chi connectivity index (χ1) is 6.77. The van der Waals surface area contributed by atoms with E-state index < -0.39 is 5.95 Å². The molecule has 2 heteroatoms. The Balaban J connectivity index is 2.57. The van der Waals surface area contributed by atoms with Crippen LogP contribution in [0, 0.1) is 12.9 Å². The van der Waals surface area contributed by atoms with E-state index in [1.165, 1.54) is 6.20 Å². The minimum absolute atomic E-state index is 0.415. The van der Waals surface area contributed by atoms with Crippen LogP contribution in [0.15, 0.2) is 42.6 Å². The van der Waals surface area contributed by atoms with Gasteiger partial charge >= 0.3 is 0 Å². The molecule has 0 fully saturated rings. The normalized spacial score (nSPS) is 10.1. The highest BCUT2D eigenvalue weighted by atomic mass is 19.1. The second-order valence-corrected chi connectivity index (χ2v) is 3.22. The highest BCUT2D eigenvalue weighted by Gasteiger charge is 2.04. The summed E-state index contributed by atoms with van der Waals surface area (Å²) in [6.07, 6.45) is 1.53. The lowest BCUT2D eigenvalue weighted by Gasteiger charge is -2.02. The molecule has 0 spiro atoms. The Kier molecular flexibility index (Phi) is 2.27. The summed E-state index contributed by atoms with van der Waals surface area (Å²) in [6.45, 7) is 1.90. The molecule has 0 aliphatic carbocycles. The number of rotatable bonds is 1. The molecule has 2 aromatic rings. The number of aryl methyl sites for hydroxylation is 1. The molecular formula is C12H10FN. The number of halogens is 1. The predicted octanol–water partition coefficient (Wildman–Crippen LogP) is 3.20. The lowest BCUT2D eigenvalue weighted by atomic mass is 10.1. The van der Waals surface area contributed by atoms with Gasteiger partial charge in [-0.05, 0) is 24.1 Å². The molecule has 2 rings (SSSR count). The van der Waals surface area contributed by atoms with Gasteiger partial charge in [0.2, 0.25) is 5.95 Å². The van der Waals surface area contributed by atoms with E-state index >= 15 is 0 Å². The molecular weight excluding hydrogens is 177 g/mol. The largest absolute Gasteiger partial charge is 0.228 e. The third-order valence-electron chi connectivity index (χ3n) is 2.06. The summed E-state index contributed by atoms with van der Waals surface area (Å²) >= 11 is 0. The van der Waals surface area contributed by atoms with E-state index in [0.717, 1.165) is 11.1 Å². The summed E-state index contributed by atoms with van der Waals surface area (Å²) in [5.41, 5.74) is 2.39. The molecule has 0 saturated heterocycles. The molecule has 0 bridgehead atoms. The zero-order chi connectivity index (χ0) is 9.97. The van der Waals surface area contributed by atoms with E-state index in [1.807, 2.05) is 37.3 Å². The third-order valence-corrected chi connectivity index (χ3v) is 2.06. The molecule has 0 unspecified atom stereocenters. The van der Waals surface area contributed by atoms with Crippen LogP contribution in [0.25, 0.3) is 11.1 Å². The van der Waals surface area contributed by atoms with Gasteiger partial charge in [0.05, 0.1) is 0 Å². The highest BCUT2D eigenvalue weighted by molar-refractivity contribution is 5.63. The molecule has 0 aliphatic heterocycles. The second-order valence-electron chi connectivity index (χ2n) is 3.22. The van der Waals surface area contributed by atoms with E-state index in [-0.39, 0.29) is 0 Å². The molecule has 14 heavy (non-hydrogen) atoms. The van der Waals surface area contributed by atoms with Crippen molar-refractivity contribution in [2.75, 3.05) is 0 Å². The molecule has 1 aromatic heterocycles. The van der Waals surface area contributed by atoms with Gasteiger partial charge in [0.25, 0.3) is 0 Å². The fraction of sp³-hybridized carbons (Fsp3) is 0.0833. The summed E-state index contributed by atoms with van der Waals surface area (Å²) < 4.78 is 13.3. The van der Waals surface area contributed by atoms with Gasteiger partial charge in [-0.15, -0.1) is 0 Å². The zero-order valence-electron chi connectivity index (χ0n) is 7.87. The van der Waals surface area contributed by atoms with E-state index in [0.29, 0.717) is 5.56 Å². The maximum atomic E-state index is 13.3. The fourth-order valence-corrected chi connectivity index (χ4v) is 1.37. The molecule has 0 N–H and O–H groups in total. The van der Waals surface area contributed by atoms with Crippen molar-refractivity contribution in [1.29, 1.82) is 0 Å². The minimum atomic E-state index is -0.415. The van der Waals surface area contributed by atoms with Crippen LogP contribution >= 0.6 is 0 Å². The van der Waals surface area contributed by atoms with Crippen LogP contribution in [0.2, 0.25) is 0 Å². The number of nitrogens with zero attached hydrogens (tertiary/aromatic N) is 1. The van der Waals surface area contributed by atoms with Gasteiger partial charge in [-0.1, -0.05) is 30.3 Å². The summed E-state index contributed by atoms with van der Waals surface area (Å²) in [7, 11) is 0. The van der Waals surface area contributed by atoms with E-state index in [2.05, 4.69) is 4.98 Å². The van der Waals surface area contributed by atoms with Gasteiger partial charge in [0.1, 0.15) is 0 Å². The van der Waals surface area contributed by atoms with Crippen molar-refractivity contribution in [3.05, 3.63) is 54.1 Å². The van der Waals surface area contributed by atoms with Crippen molar-refractivity contribution in [1.82, 2.24) is 4.98 Å². The number of pyridine rings is 1. The molecule has 1 aromatic carbocycles. The van der Waals surface area contributed by atoms with Crippen molar-refractivity contribution in [3.8, 4) is 11.1 Å². The van der Waals surface area contributed by atoms with Gasteiger partial charge in [-0.25, -0.2) is 4.98 Å². The minimum Gasteiger partial charge on any atom is -0.228 e. The van der Waals surface area contributed by atoms with Gasteiger partial charge in [-0.2, -0.15) is 4.39 Å². The molecule has 0 atom stereocenters. The second kappa shape index (κ2) is 3.58. The van der Waals surface area contributed by atoms with Crippen LogP contribution in [-0.4, -0.2) is 4.98 Å². The smallest absolute Gasteiger partial charge is 0.220 e. The Morgan fingerprint density at radius 1 is 1.14 bits per heavy atom. The summed E-state index contributed by atoms with van der Waals surface area (Å²) in [5.74, 6) is -0.415. The highest BCUT2D eigenvalue weighted by Crippen LogP contribution is 2.21.